The average molecular weight is 207 g/mol. The van der Waals surface area contributed by atoms with Gasteiger partial charge in [-0.2, -0.15) is 0 Å². The Morgan fingerprint density at radius 3 is 2.53 bits per heavy atom. The van der Waals surface area contributed by atoms with Gasteiger partial charge in [0.2, 0.25) is 5.91 Å². The van der Waals surface area contributed by atoms with Crippen molar-refractivity contribution in [3.8, 4) is 11.5 Å². The summed E-state index contributed by atoms with van der Waals surface area (Å²) in [6.07, 6.45) is 3.26. The monoisotopic (exact) mass is 207 g/mol. The van der Waals surface area contributed by atoms with Crippen LogP contribution < -0.4 is 0 Å². The summed E-state index contributed by atoms with van der Waals surface area (Å²) >= 11 is 0. The third-order valence-corrected chi connectivity index (χ3v) is 1.99. The number of phenols is 2. The SMILES string of the molecule is CC(=O)N(C)/C=C/c1ccc(O)c(O)c1. The molecule has 15 heavy (non-hydrogen) atoms. The minimum Gasteiger partial charge on any atom is -0.504 e. The highest BCUT2D eigenvalue weighted by atomic mass is 16.3. The van der Waals surface area contributed by atoms with Crippen molar-refractivity contribution in [1.29, 1.82) is 0 Å². The van der Waals surface area contributed by atoms with Crippen LogP contribution in [0.15, 0.2) is 24.4 Å². The molecule has 1 rings (SSSR count). The lowest BCUT2D eigenvalue weighted by molar-refractivity contribution is -0.125. The zero-order valence-electron chi connectivity index (χ0n) is 8.64. The molecule has 1 aromatic carbocycles. The molecule has 4 nitrogen and oxygen atoms in total. The largest absolute Gasteiger partial charge is 0.504 e. The highest BCUT2D eigenvalue weighted by molar-refractivity contribution is 5.75. The topological polar surface area (TPSA) is 60.8 Å². The molecular formula is C11H13NO3. The summed E-state index contributed by atoms with van der Waals surface area (Å²) in [7, 11) is 1.64. The number of amides is 1. The van der Waals surface area contributed by atoms with E-state index in [1.807, 2.05) is 0 Å². The van der Waals surface area contributed by atoms with Gasteiger partial charge in [0.05, 0.1) is 0 Å². The maximum absolute atomic E-state index is 10.9. The summed E-state index contributed by atoms with van der Waals surface area (Å²) in [5.74, 6) is -0.413. The second-order valence-corrected chi connectivity index (χ2v) is 3.19. The van der Waals surface area contributed by atoms with Crippen LogP contribution in [0.25, 0.3) is 6.08 Å². The molecular weight excluding hydrogens is 194 g/mol. The molecule has 1 amide bonds. The average Bonchev–Trinajstić information content (AvgIpc) is 2.19. The highest BCUT2D eigenvalue weighted by Gasteiger charge is 1.99. The lowest BCUT2D eigenvalue weighted by atomic mass is 10.2. The fourth-order valence-corrected chi connectivity index (χ4v) is 0.947. The number of carbonyl (C=O) groups excluding carboxylic acids is 1. The van der Waals surface area contributed by atoms with Crippen molar-refractivity contribution in [2.45, 2.75) is 6.92 Å². The molecule has 0 bridgehead atoms. The summed E-state index contributed by atoms with van der Waals surface area (Å²) < 4.78 is 0. The fraction of sp³-hybridized carbons (Fsp3) is 0.182. The predicted molar refractivity (Wildman–Crippen MR) is 57.2 cm³/mol. The molecule has 2 N–H and O–H groups in total. The van der Waals surface area contributed by atoms with Crippen molar-refractivity contribution in [2.75, 3.05) is 7.05 Å². The van der Waals surface area contributed by atoms with Crippen molar-refractivity contribution in [2.24, 2.45) is 0 Å². The molecule has 0 saturated heterocycles. The first-order valence-electron chi connectivity index (χ1n) is 4.44. The van der Waals surface area contributed by atoms with E-state index < -0.39 is 0 Å². The number of hydrogen-bond acceptors (Lipinski definition) is 3. The Kier molecular flexibility index (Phi) is 3.33. The first-order valence-corrected chi connectivity index (χ1v) is 4.44. The van der Waals surface area contributed by atoms with Gasteiger partial charge >= 0.3 is 0 Å². The molecule has 1 aromatic rings. The van der Waals surface area contributed by atoms with Gasteiger partial charge in [0.15, 0.2) is 11.5 Å². The molecule has 0 radical (unpaired) electrons. The van der Waals surface area contributed by atoms with Crippen molar-refractivity contribution in [3.63, 3.8) is 0 Å². The van der Waals surface area contributed by atoms with E-state index in [4.69, 9.17) is 5.11 Å². The predicted octanol–water partition coefficient (Wildman–Crippen LogP) is 1.55. The minimum atomic E-state index is -0.178. The van der Waals surface area contributed by atoms with E-state index in [0.29, 0.717) is 5.56 Å². The zero-order valence-corrected chi connectivity index (χ0v) is 8.64. The van der Waals surface area contributed by atoms with E-state index in [-0.39, 0.29) is 17.4 Å². The van der Waals surface area contributed by atoms with Crippen molar-refractivity contribution in [3.05, 3.63) is 30.0 Å². The Morgan fingerprint density at radius 2 is 2.00 bits per heavy atom. The Morgan fingerprint density at radius 1 is 1.33 bits per heavy atom. The molecule has 0 aliphatic carbocycles. The van der Waals surface area contributed by atoms with Crippen LogP contribution in [0.1, 0.15) is 12.5 Å². The number of benzene rings is 1. The van der Waals surface area contributed by atoms with Gasteiger partial charge < -0.3 is 15.1 Å². The summed E-state index contributed by atoms with van der Waals surface area (Å²) in [6.45, 7) is 1.46. The maximum Gasteiger partial charge on any atom is 0.223 e. The van der Waals surface area contributed by atoms with E-state index >= 15 is 0 Å². The number of nitrogens with zero attached hydrogens (tertiary/aromatic N) is 1. The standard InChI is InChI=1S/C11H13NO3/c1-8(13)12(2)6-5-9-3-4-10(14)11(15)7-9/h3-7,14-15H,1-2H3/b6-5+. The molecule has 4 heteroatoms. The second kappa shape index (κ2) is 4.50. The summed E-state index contributed by atoms with van der Waals surface area (Å²) in [6, 6.07) is 4.45. The second-order valence-electron chi connectivity index (χ2n) is 3.19. The summed E-state index contributed by atoms with van der Waals surface area (Å²) in [5, 5.41) is 18.3. The van der Waals surface area contributed by atoms with E-state index in [2.05, 4.69) is 0 Å². The molecule has 0 heterocycles. The van der Waals surface area contributed by atoms with Crippen LogP contribution in [0.5, 0.6) is 11.5 Å². The van der Waals surface area contributed by atoms with Crippen LogP contribution in [-0.2, 0) is 4.79 Å². The van der Waals surface area contributed by atoms with Crippen LogP contribution in [0.4, 0.5) is 0 Å². The summed E-state index contributed by atoms with van der Waals surface area (Å²) in [4.78, 5) is 12.3. The zero-order chi connectivity index (χ0) is 11.4. The van der Waals surface area contributed by atoms with Crippen LogP contribution in [0, 0.1) is 0 Å². The van der Waals surface area contributed by atoms with Crippen molar-refractivity contribution in [1.82, 2.24) is 4.90 Å². The maximum atomic E-state index is 10.9. The lowest BCUT2D eigenvalue weighted by Crippen LogP contribution is -2.16. The smallest absolute Gasteiger partial charge is 0.223 e. The summed E-state index contributed by atoms with van der Waals surface area (Å²) in [5.41, 5.74) is 0.707. The van der Waals surface area contributed by atoms with E-state index in [0.717, 1.165) is 0 Å². The van der Waals surface area contributed by atoms with Gasteiger partial charge in [-0.1, -0.05) is 6.07 Å². The number of phenolic OH excluding ortho intramolecular Hbond substituents is 2. The van der Waals surface area contributed by atoms with Crippen LogP contribution in [0.3, 0.4) is 0 Å². The molecule has 0 spiro atoms. The first kappa shape index (κ1) is 11.1. The van der Waals surface area contributed by atoms with Gasteiger partial charge in [-0.25, -0.2) is 0 Å². The number of aromatic hydroxyl groups is 2. The molecule has 0 aromatic heterocycles. The molecule has 0 aliphatic rings. The van der Waals surface area contributed by atoms with Gasteiger partial charge in [-0.05, 0) is 23.8 Å². The normalized spacial score (nSPS) is 10.5. The minimum absolute atomic E-state index is 0.0748. The number of carbonyl (C=O) groups is 1. The molecule has 80 valence electrons. The third kappa shape index (κ3) is 3.02. The first-order chi connectivity index (χ1) is 7.00. The quantitative estimate of drug-likeness (QED) is 0.723. The van der Waals surface area contributed by atoms with Crippen molar-refractivity contribution < 1.29 is 15.0 Å². The molecule has 0 fully saturated rings. The number of hydrogen-bond donors (Lipinski definition) is 2. The number of rotatable bonds is 2. The van der Waals surface area contributed by atoms with E-state index in [1.165, 1.54) is 24.0 Å². The molecule has 0 aliphatic heterocycles. The Bertz CT molecular complexity index is 399. The molecule has 0 atom stereocenters. The molecule has 0 saturated carbocycles. The Balaban J connectivity index is 2.81. The Labute approximate surface area is 88.1 Å². The van der Waals surface area contributed by atoms with E-state index in [1.54, 1.807) is 25.4 Å². The van der Waals surface area contributed by atoms with Gasteiger partial charge in [-0.3, -0.25) is 4.79 Å². The van der Waals surface area contributed by atoms with Gasteiger partial charge in [0.1, 0.15) is 0 Å². The van der Waals surface area contributed by atoms with Gasteiger partial charge in [-0.15, -0.1) is 0 Å². The van der Waals surface area contributed by atoms with E-state index in [9.17, 15) is 9.90 Å². The van der Waals surface area contributed by atoms with Crippen LogP contribution >= 0.6 is 0 Å². The van der Waals surface area contributed by atoms with Crippen LogP contribution in [-0.4, -0.2) is 28.1 Å². The lowest BCUT2D eigenvalue weighted by Gasteiger charge is -2.07. The van der Waals surface area contributed by atoms with Gasteiger partial charge in [0.25, 0.3) is 0 Å². The van der Waals surface area contributed by atoms with Gasteiger partial charge in [0, 0.05) is 20.2 Å². The molecule has 0 unspecified atom stereocenters. The van der Waals surface area contributed by atoms with Crippen molar-refractivity contribution >= 4 is 12.0 Å². The Hall–Kier alpha value is -1.97. The van der Waals surface area contributed by atoms with Crippen LogP contribution in [0.2, 0.25) is 0 Å². The third-order valence-electron chi connectivity index (χ3n) is 1.99. The fourth-order valence-electron chi connectivity index (χ4n) is 0.947. The highest BCUT2D eigenvalue weighted by Crippen LogP contribution is 2.25.